The van der Waals surface area contributed by atoms with Crippen LogP contribution in [0.1, 0.15) is 19.8 Å². The quantitative estimate of drug-likeness (QED) is 0.792. The van der Waals surface area contributed by atoms with Gasteiger partial charge in [-0.2, -0.15) is 11.8 Å². The molecule has 0 bridgehead atoms. The lowest BCUT2D eigenvalue weighted by molar-refractivity contribution is -0.133. The molecule has 1 atom stereocenters. The molecule has 0 saturated carbocycles. The monoisotopic (exact) mass is 266 g/mol. The van der Waals surface area contributed by atoms with Gasteiger partial charge in [0.2, 0.25) is 5.91 Å². The molecule has 1 unspecified atom stereocenters. The van der Waals surface area contributed by atoms with Crippen LogP contribution >= 0.6 is 11.8 Å². The van der Waals surface area contributed by atoms with Gasteiger partial charge in [-0.3, -0.25) is 4.79 Å². The molecule has 1 rings (SSSR count). The highest BCUT2D eigenvalue weighted by Crippen LogP contribution is 2.12. The van der Waals surface area contributed by atoms with Crippen LogP contribution in [0.5, 0.6) is 0 Å². The van der Waals surface area contributed by atoms with Gasteiger partial charge in [0, 0.05) is 37.1 Å². The fraction of sp³-hybridized carbons (Fsp3) is 0.909. The van der Waals surface area contributed by atoms with Gasteiger partial charge < -0.3 is 10.2 Å². The van der Waals surface area contributed by atoms with Gasteiger partial charge in [-0.25, -0.2) is 8.78 Å². The topological polar surface area (TPSA) is 32.3 Å². The maximum atomic E-state index is 12.3. The summed E-state index contributed by atoms with van der Waals surface area (Å²) in [5.74, 6) is 1.79. The summed E-state index contributed by atoms with van der Waals surface area (Å²) < 4.78 is 24.7. The third-order valence-corrected chi connectivity index (χ3v) is 3.75. The van der Waals surface area contributed by atoms with Gasteiger partial charge in [-0.1, -0.05) is 6.92 Å². The van der Waals surface area contributed by atoms with Gasteiger partial charge in [0.25, 0.3) is 6.43 Å². The lowest BCUT2D eigenvalue weighted by Gasteiger charge is -2.27. The van der Waals surface area contributed by atoms with Crippen LogP contribution in [0, 0.1) is 0 Å². The minimum absolute atomic E-state index is 0.137. The Hall–Kier alpha value is -0.360. The first kappa shape index (κ1) is 14.7. The van der Waals surface area contributed by atoms with Crippen molar-refractivity contribution in [2.45, 2.75) is 32.2 Å². The van der Waals surface area contributed by atoms with E-state index >= 15 is 0 Å². The molecule has 1 N–H and O–H groups in total. The van der Waals surface area contributed by atoms with E-state index in [2.05, 4.69) is 5.32 Å². The number of carbonyl (C=O) groups is 1. The van der Waals surface area contributed by atoms with E-state index in [1.807, 2.05) is 6.92 Å². The summed E-state index contributed by atoms with van der Waals surface area (Å²) in [5, 5.41) is 3.24. The standard InChI is InChI=1S/C11H20F2N2OS/c1-2-4-15(7-10(12)13)11(16)6-9-8-17-5-3-14-9/h9-10,14H,2-8H2,1H3. The Balaban J connectivity index is 2.39. The van der Waals surface area contributed by atoms with Crippen LogP contribution in [0.2, 0.25) is 0 Å². The first-order valence-electron chi connectivity index (χ1n) is 6.00. The Morgan fingerprint density at radius 2 is 2.35 bits per heavy atom. The van der Waals surface area contributed by atoms with E-state index in [-0.39, 0.29) is 11.9 Å². The molecule has 0 aliphatic carbocycles. The largest absolute Gasteiger partial charge is 0.337 e. The Labute approximate surface area is 105 Å². The molecule has 0 radical (unpaired) electrons. The number of halogens is 2. The van der Waals surface area contributed by atoms with Crippen molar-refractivity contribution in [3.8, 4) is 0 Å². The Bertz CT molecular complexity index is 236. The maximum Gasteiger partial charge on any atom is 0.255 e. The number of carbonyl (C=O) groups excluding carboxylic acids is 1. The number of thioether (sulfide) groups is 1. The molecule has 3 nitrogen and oxygen atoms in total. The number of nitrogens with one attached hydrogen (secondary N) is 1. The third-order valence-electron chi connectivity index (χ3n) is 2.62. The first-order valence-corrected chi connectivity index (χ1v) is 7.16. The minimum atomic E-state index is -2.45. The van der Waals surface area contributed by atoms with Crippen molar-refractivity contribution in [1.82, 2.24) is 10.2 Å². The highest BCUT2D eigenvalue weighted by Gasteiger charge is 2.22. The van der Waals surface area contributed by atoms with Gasteiger partial charge in [-0.15, -0.1) is 0 Å². The van der Waals surface area contributed by atoms with Crippen molar-refractivity contribution in [2.24, 2.45) is 0 Å². The molecular weight excluding hydrogens is 246 g/mol. The summed E-state index contributed by atoms with van der Waals surface area (Å²) in [6.45, 7) is 2.77. The van der Waals surface area contributed by atoms with Gasteiger partial charge in [0.1, 0.15) is 0 Å². The fourth-order valence-electron chi connectivity index (χ4n) is 1.85. The summed E-state index contributed by atoms with van der Waals surface area (Å²) in [7, 11) is 0. The summed E-state index contributed by atoms with van der Waals surface area (Å²) in [6, 6.07) is 0.137. The zero-order valence-corrected chi connectivity index (χ0v) is 10.9. The molecule has 17 heavy (non-hydrogen) atoms. The summed E-state index contributed by atoms with van der Waals surface area (Å²) in [4.78, 5) is 13.2. The molecule has 1 heterocycles. The second-order valence-corrected chi connectivity index (χ2v) is 5.31. The smallest absolute Gasteiger partial charge is 0.255 e. The summed E-state index contributed by atoms with van der Waals surface area (Å²) in [5.41, 5.74) is 0. The van der Waals surface area contributed by atoms with Crippen LogP contribution in [-0.4, -0.2) is 54.4 Å². The predicted octanol–water partition coefficient (Wildman–Crippen LogP) is 1.59. The van der Waals surface area contributed by atoms with E-state index in [1.54, 1.807) is 11.8 Å². The van der Waals surface area contributed by atoms with E-state index < -0.39 is 13.0 Å². The summed E-state index contributed by atoms with van der Waals surface area (Å²) >= 11 is 1.80. The van der Waals surface area contributed by atoms with E-state index in [0.29, 0.717) is 19.4 Å². The molecule has 0 aromatic heterocycles. The van der Waals surface area contributed by atoms with Crippen molar-refractivity contribution in [1.29, 1.82) is 0 Å². The second kappa shape index (κ2) is 7.87. The van der Waals surface area contributed by atoms with Gasteiger partial charge in [0.15, 0.2) is 0 Å². The zero-order chi connectivity index (χ0) is 12.7. The van der Waals surface area contributed by atoms with Crippen molar-refractivity contribution >= 4 is 17.7 Å². The van der Waals surface area contributed by atoms with E-state index in [9.17, 15) is 13.6 Å². The molecule has 6 heteroatoms. The van der Waals surface area contributed by atoms with Crippen LogP contribution < -0.4 is 5.32 Å². The van der Waals surface area contributed by atoms with Crippen LogP contribution in [0.15, 0.2) is 0 Å². The Morgan fingerprint density at radius 1 is 1.59 bits per heavy atom. The molecular formula is C11H20F2N2OS. The molecule has 0 spiro atoms. The number of hydrogen-bond acceptors (Lipinski definition) is 3. The number of alkyl halides is 2. The van der Waals surface area contributed by atoms with Gasteiger partial charge in [0.05, 0.1) is 6.54 Å². The SMILES string of the molecule is CCCN(CC(F)F)C(=O)CC1CSCCN1. The molecule has 1 aliphatic heterocycles. The average molecular weight is 266 g/mol. The average Bonchev–Trinajstić information content (AvgIpc) is 2.29. The first-order chi connectivity index (χ1) is 8.13. The normalized spacial score (nSPS) is 20.6. The summed E-state index contributed by atoms with van der Waals surface area (Å²) in [6.07, 6.45) is -1.40. The molecule has 100 valence electrons. The number of amides is 1. The molecule has 0 aromatic carbocycles. The minimum Gasteiger partial charge on any atom is -0.337 e. The van der Waals surface area contributed by atoms with Crippen molar-refractivity contribution in [3.05, 3.63) is 0 Å². The van der Waals surface area contributed by atoms with Crippen LogP contribution in [0.4, 0.5) is 8.78 Å². The molecule has 1 amide bonds. The molecule has 1 fully saturated rings. The Kier molecular flexibility index (Phi) is 6.80. The van der Waals surface area contributed by atoms with Crippen molar-refractivity contribution < 1.29 is 13.6 Å². The molecule has 1 aliphatic rings. The molecule has 0 aromatic rings. The van der Waals surface area contributed by atoms with Crippen molar-refractivity contribution in [3.63, 3.8) is 0 Å². The lowest BCUT2D eigenvalue weighted by Crippen LogP contribution is -2.44. The lowest BCUT2D eigenvalue weighted by atomic mass is 10.2. The van der Waals surface area contributed by atoms with Crippen LogP contribution in [0.25, 0.3) is 0 Å². The fourth-order valence-corrected chi connectivity index (χ4v) is 2.79. The third kappa shape index (κ3) is 5.68. The van der Waals surface area contributed by atoms with E-state index in [1.165, 1.54) is 4.90 Å². The Morgan fingerprint density at radius 3 is 2.88 bits per heavy atom. The number of nitrogens with zero attached hydrogens (tertiary/aromatic N) is 1. The van der Waals surface area contributed by atoms with Crippen molar-refractivity contribution in [2.75, 3.05) is 31.1 Å². The highest BCUT2D eigenvalue weighted by molar-refractivity contribution is 7.99. The maximum absolute atomic E-state index is 12.3. The van der Waals surface area contributed by atoms with Crippen LogP contribution in [0.3, 0.4) is 0 Å². The molecule has 1 saturated heterocycles. The predicted molar refractivity (Wildman–Crippen MR) is 66.6 cm³/mol. The number of hydrogen-bond donors (Lipinski definition) is 1. The van der Waals surface area contributed by atoms with E-state index in [4.69, 9.17) is 0 Å². The van der Waals surface area contributed by atoms with Crippen LogP contribution in [-0.2, 0) is 4.79 Å². The van der Waals surface area contributed by atoms with E-state index in [0.717, 1.165) is 18.1 Å². The highest BCUT2D eigenvalue weighted by atomic mass is 32.2. The zero-order valence-electron chi connectivity index (χ0n) is 10.1. The van der Waals surface area contributed by atoms with Gasteiger partial charge in [-0.05, 0) is 6.42 Å². The van der Waals surface area contributed by atoms with Gasteiger partial charge >= 0.3 is 0 Å². The number of rotatable bonds is 6. The second-order valence-electron chi connectivity index (χ2n) is 4.16.